The zero-order chi connectivity index (χ0) is 26.9. The van der Waals surface area contributed by atoms with Crippen molar-refractivity contribution in [1.29, 1.82) is 0 Å². The normalized spacial score (nSPS) is 11.3. The van der Waals surface area contributed by atoms with E-state index in [4.69, 9.17) is 9.97 Å². The third kappa shape index (κ3) is 4.68. The molecule has 2 heterocycles. The van der Waals surface area contributed by atoms with Crippen LogP contribution in [-0.4, -0.2) is 25.6 Å². The molecule has 6 aromatic rings. The van der Waals surface area contributed by atoms with E-state index in [-0.39, 0.29) is 0 Å². The molecule has 0 spiro atoms. The summed E-state index contributed by atoms with van der Waals surface area (Å²) in [6.45, 7) is 4.98. The van der Waals surface area contributed by atoms with Gasteiger partial charge >= 0.3 is 5.97 Å². The summed E-state index contributed by atoms with van der Waals surface area (Å²) in [5.41, 5.74) is 8.34. The second-order valence-electron chi connectivity index (χ2n) is 9.99. The van der Waals surface area contributed by atoms with Gasteiger partial charge in [-0.3, -0.25) is 4.98 Å². The Morgan fingerprint density at radius 3 is 2.38 bits per heavy atom. The van der Waals surface area contributed by atoms with Crippen molar-refractivity contribution in [2.45, 2.75) is 33.2 Å². The molecular formula is C34H29N3O2. The van der Waals surface area contributed by atoms with Crippen molar-refractivity contribution < 1.29 is 9.90 Å². The van der Waals surface area contributed by atoms with Crippen LogP contribution in [-0.2, 0) is 13.0 Å². The van der Waals surface area contributed by atoms with Gasteiger partial charge in [-0.05, 0) is 65.3 Å². The summed E-state index contributed by atoms with van der Waals surface area (Å²) in [6.07, 6.45) is 3.84. The lowest BCUT2D eigenvalue weighted by atomic mass is 9.98. The van der Waals surface area contributed by atoms with Crippen molar-refractivity contribution in [2.75, 3.05) is 0 Å². The Kier molecular flexibility index (Phi) is 6.41. The van der Waals surface area contributed by atoms with Gasteiger partial charge in [0.1, 0.15) is 5.82 Å². The molecule has 5 heteroatoms. The van der Waals surface area contributed by atoms with Crippen molar-refractivity contribution in [3.63, 3.8) is 0 Å². The molecule has 5 nitrogen and oxygen atoms in total. The minimum absolute atomic E-state index is 0.307. The smallest absolute Gasteiger partial charge is 0.336 e. The first-order valence-corrected chi connectivity index (χ1v) is 13.3. The van der Waals surface area contributed by atoms with Crippen LogP contribution in [0.1, 0.15) is 40.7 Å². The molecule has 0 aliphatic heterocycles. The van der Waals surface area contributed by atoms with Crippen LogP contribution in [0.25, 0.3) is 44.2 Å². The van der Waals surface area contributed by atoms with Crippen LogP contribution in [0.5, 0.6) is 0 Å². The highest BCUT2D eigenvalue weighted by atomic mass is 16.4. The van der Waals surface area contributed by atoms with Gasteiger partial charge in [-0.25, -0.2) is 9.78 Å². The van der Waals surface area contributed by atoms with Gasteiger partial charge in [-0.1, -0.05) is 73.7 Å². The van der Waals surface area contributed by atoms with Gasteiger partial charge in [0.15, 0.2) is 0 Å². The Bertz CT molecular complexity index is 1830. The third-order valence-corrected chi connectivity index (χ3v) is 7.29. The molecule has 0 aliphatic carbocycles. The minimum atomic E-state index is -0.921. The maximum absolute atomic E-state index is 11.7. The molecule has 0 unspecified atom stereocenters. The van der Waals surface area contributed by atoms with Crippen LogP contribution in [0, 0.1) is 6.92 Å². The van der Waals surface area contributed by atoms with Crippen LogP contribution in [0.4, 0.5) is 0 Å². The van der Waals surface area contributed by atoms with Crippen molar-refractivity contribution >= 4 is 27.8 Å². The Morgan fingerprint density at radius 1 is 0.872 bits per heavy atom. The molecule has 0 saturated heterocycles. The molecule has 39 heavy (non-hydrogen) atoms. The van der Waals surface area contributed by atoms with Crippen LogP contribution >= 0.6 is 0 Å². The monoisotopic (exact) mass is 511 g/mol. The Morgan fingerprint density at radius 2 is 1.62 bits per heavy atom. The van der Waals surface area contributed by atoms with E-state index in [2.05, 4.69) is 66.9 Å². The molecule has 2 aromatic heterocycles. The second-order valence-corrected chi connectivity index (χ2v) is 9.99. The highest BCUT2D eigenvalue weighted by Gasteiger charge is 2.16. The zero-order valence-corrected chi connectivity index (χ0v) is 22.1. The largest absolute Gasteiger partial charge is 0.478 e. The van der Waals surface area contributed by atoms with Gasteiger partial charge in [0.25, 0.3) is 0 Å². The summed E-state index contributed by atoms with van der Waals surface area (Å²) in [5, 5.41) is 11.9. The average molecular weight is 512 g/mol. The summed E-state index contributed by atoms with van der Waals surface area (Å²) in [4.78, 5) is 21.5. The predicted octanol–water partition coefficient (Wildman–Crippen LogP) is 7.93. The van der Waals surface area contributed by atoms with Crippen molar-refractivity contribution in [1.82, 2.24) is 14.5 Å². The molecule has 0 saturated carbocycles. The predicted molar refractivity (Wildman–Crippen MR) is 157 cm³/mol. The van der Waals surface area contributed by atoms with E-state index in [0.717, 1.165) is 68.6 Å². The van der Waals surface area contributed by atoms with Gasteiger partial charge in [0, 0.05) is 30.1 Å². The Labute approximate surface area is 227 Å². The van der Waals surface area contributed by atoms with Crippen molar-refractivity contribution in [3.8, 4) is 22.4 Å². The van der Waals surface area contributed by atoms with E-state index in [9.17, 15) is 9.90 Å². The van der Waals surface area contributed by atoms with Gasteiger partial charge in [-0.2, -0.15) is 0 Å². The molecular weight excluding hydrogens is 482 g/mol. The third-order valence-electron chi connectivity index (χ3n) is 7.29. The highest BCUT2D eigenvalue weighted by molar-refractivity contribution is 5.96. The zero-order valence-electron chi connectivity index (χ0n) is 22.1. The molecule has 0 bridgehead atoms. The molecule has 6 rings (SSSR count). The number of carboxylic acid groups (broad SMARTS) is 1. The number of rotatable bonds is 7. The molecule has 192 valence electrons. The molecule has 0 amide bonds. The first kappa shape index (κ1) is 24.6. The topological polar surface area (TPSA) is 68.0 Å². The van der Waals surface area contributed by atoms with Gasteiger partial charge in [0.2, 0.25) is 0 Å². The first-order chi connectivity index (χ1) is 19.0. The van der Waals surface area contributed by atoms with E-state index in [0.29, 0.717) is 12.1 Å². The Balaban J connectivity index is 1.40. The number of hydrogen-bond acceptors (Lipinski definition) is 3. The maximum Gasteiger partial charge on any atom is 0.336 e. The number of pyridine rings is 1. The van der Waals surface area contributed by atoms with Crippen molar-refractivity contribution in [2.24, 2.45) is 0 Å². The van der Waals surface area contributed by atoms with E-state index < -0.39 is 5.97 Å². The van der Waals surface area contributed by atoms with Crippen molar-refractivity contribution in [3.05, 3.63) is 120 Å². The quantitative estimate of drug-likeness (QED) is 0.236. The number of nitrogens with zero attached hydrogens (tertiary/aromatic N) is 3. The van der Waals surface area contributed by atoms with Crippen LogP contribution in [0.2, 0.25) is 0 Å². The van der Waals surface area contributed by atoms with E-state index in [1.807, 2.05) is 36.5 Å². The van der Waals surface area contributed by atoms with Crippen LogP contribution in [0.3, 0.4) is 0 Å². The summed E-state index contributed by atoms with van der Waals surface area (Å²) in [6, 6.07) is 30.1. The summed E-state index contributed by atoms with van der Waals surface area (Å²) in [5.74, 6) is 0.148. The van der Waals surface area contributed by atoms with E-state index >= 15 is 0 Å². The van der Waals surface area contributed by atoms with Gasteiger partial charge in [-0.15, -0.1) is 0 Å². The summed E-state index contributed by atoms with van der Waals surface area (Å²) >= 11 is 0. The number of aromatic carboxylic acids is 1. The van der Waals surface area contributed by atoms with Crippen LogP contribution < -0.4 is 0 Å². The number of imidazole rings is 1. The standard InChI is InChI=1S/C34H29N3O2/c1-3-8-32-36-33-22(2)17-27(30-18-25-9-4-5-10-26(25)20-35-30)19-31(33)37(32)21-23-13-15-24(16-14-23)28-11-6-7-12-29(28)34(38)39/h4-7,9-20H,3,8,21H2,1-2H3,(H,38,39). The average Bonchev–Trinajstić information content (AvgIpc) is 3.30. The fraction of sp³-hybridized carbons (Fsp3) is 0.147. The fourth-order valence-corrected chi connectivity index (χ4v) is 5.31. The number of carbonyl (C=O) groups is 1. The second kappa shape index (κ2) is 10.2. The number of fused-ring (bicyclic) bond motifs is 2. The first-order valence-electron chi connectivity index (χ1n) is 13.3. The van der Waals surface area contributed by atoms with E-state index in [1.54, 1.807) is 12.1 Å². The number of carboxylic acids is 1. The minimum Gasteiger partial charge on any atom is -0.478 e. The molecule has 0 atom stereocenters. The van der Waals surface area contributed by atoms with Gasteiger partial charge in [0.05, 0.1) is 22.3 Å². The number of benzene rings is 4. The molecule has 0 aliphatic rings. The Hall–Kier alpha value is -4.77. The lowest BCUT2D eigenvalue weighted by Gasteiger charge is -2.12. The fourth-order valence-electron chi connectivity index (χ4n) is 5.31. The number of hydrogen-bond donors (Lipinski definition) is 1. The molecule has 1 N–H and O–H groups in total. The lowest BCUT2D eigenvalue weighted by Crippen LogP contribution is -2.05. The molecule has 0 radical (unpaired) electrons. The highest BCUT2D eigenvalue weighted by Crippen LogP contribution is 2.30. The summed E-state index contributed by atoms with van der Waals surface area (Å²) < 4.78 is 2.32. The summed E-state index contributed by atoms with van der Waals surface area (Å²) in [7, 11) is 0. The number of aryl methyl sites for hydroxylation is 2. The molecule has 4 aromatic carbocycles. The SMILES string of the molecule is CCCc1nc2c(C)cc(-c3cc4ccccc4cn3)cc2n1Cc1ccc(-c2ccccc2C(=O)O)cc1. The molecule has 0 fully saturated rings. The van der Waals surface area contributed by atoms with Gasteiger partial charge < -0.3 is 9.67 Å². The maximum atomic E-state index is 11.7. The van der Waals surface area contributed by atoms with E-state index in [1.165, 1.54) is 5.39 Å². The van der Waals surface area contributed by atoms with Crippen LogP contribution in [0.15, 0.2) is 97.2 Å². The number of aromatic nitrogens is 3. The lowest BCUT2D eigenvalue weighted by molar-refractivity contribution is 0.0697.